The minimum atomic E-state index is -1.04. The highest BCUT2D eigenvalue weighted by Crippen LogP contribution is 2.43. The Bertz CT molecular complexity index is 1020. The van der Waals surface area contributed by atoms with Crippen LogP contribution in [-0.4, -0.2) is 28.9 Å². The summed E-state index contributed by atoms with van der Waals surface area (Å²) in [5.41, 5.74) is 2.15. The maximum Gasteiger partial charge on any atom is 0.336 e. The van der Waals surface area contributed by atoms with Crippen molar-refractivity contribution in [3.05, 3.63) is 108 Å². The van der Waals surface area contributed by atoms with E-state index in [4.69, 9.17) is 9.73 Å². The highest BCUT2D eigenvalue weighted by atomic mass is 16.5. The Labute approximate surface area is 177 Å². The lowest BCUT2D eigenvalue weighted by molar-refractivity contribution is -0.150. The van der Waals surface area contributed by atoms with Crippen molar-refractivity contribution in [1.82, 2.24) is 4.90 Å². The van der Waals surface area contributed by atoms with Crippen molar-refractivity contribution in [3.63, 3.8) is 0 Å². The van der Waals surface area contributed by atoms with E-state index in [9.17, 15) is 4.79 Å². The van der Waals surface area contributed by atoms with Gasteiger partial charge in [0, 0.05) is 12.1 Å². The summed E-state index contributed by atoms with van der Waals surface area (Å²) in [6.45, 7) is 4.68. The molecule has 0 radical (unpaired) electrons. The van der Waals surface area contributed by atoms with E-state index in [2.05, 4.69) is 29.2 Å². The van der Waals surface area contributed by atoms with Gasteiger partial charge in [-0.15, -0.1) is 0 Å². The molecule has 0 saturated heterocycles. The lowest BCUT2D eigenvalue weighted by Gasteiger charge is -2.34. The van der Waals surface area contributed by atoms with Crippen molar-refractivity contribution in [2.75, 3.05) is 6.61 Å². The van der Waals surface area contributed by atoms with Crippen LogP contribution in [0, 0.1) is 0 Å². The molecule has 0 N–H and O–H groups in total. The van der Waals surface area contributed by atoms with E-state index < -0.39 is 5.54 Å². The second-order valence-electron chi connectivity index (χ2n) is 7.60. The number of ether oxygens (including phenoxy) is 1. The molecule has 0 fully saturated rings. The third-order valence-corrected chi connectivity index (χ3v) is 5.49. The van der Waals surface area contributed by atoms with Gasteiger partial charge in [-0.3, -0.25) is 0 Å². The SMILES string of the molecule is CCOC(=O)[C@]1(C)N=C(c2ccccc2)N(Cc2ccccc2)[C@@H]1c1ccccc1. The second-order valence-corrected chi connectivity index (χ2v) is 7.60. The van der Waals surface area contributed by atoms with Gasteiger partial charge in [-0.05, 0) is 25.0 Å². The van der Waals surface area contributed by atoms with Crippen molar-refractivity contribution in [2.45, 2.75) is 32.0 Å². The van der Waals surface area contributed by atoms with Gasteiger partial charge in [0.05, 0.1) is 12.6 Å². The van der Waals surface area contributed by atoms with E-state index in [1.165, 1.54) is 0 Å². The summed E-state index contributed by atoms with van der Waals surface area (Å²) in [6, 6.07) is 30.2. The number of benzene rings is 3. The third kappa shape index (κ3) is 3.73. The van der Waals surface area contributed by atoms with E-state index in [0.29, 0.717) is 13.2 Å². The lowest BCUT2D eigenvalue weighted by atomic mass is 9.87. The molecule has 1 aliphatic rings. The molecule has 0 bridgehead atoms. The van der Waals surface area contributed by atoms with Crippen molar-refractivity contribution in [1.29, 1.82) is 0 Å². The molecule has 0 saturated carbocycles. The number of carbonyl (C=O) groups is 1. The van der Waals surface area contributed by atoms with Crippen LogP contribution in [-0.2, 0) is 16.1 Å². The number of carbonyl (C=O) groups excluding carboxylic acids is 1. The van der Waals surface area contributed by atoms with Crippen LogP contribution in [0.4, 0.5) is 0 Å². The highest BCUT2D eigenvalue weighted by Gasteiger charge is 2.52. The van der Waals surface area contributed by atoms with Gasteiger partial charge in [-0.25, -0.2) is 9.79 Å². The van der Waals surface area contributed by atoms with Gasteiger partial charge < -0.3 is 9.64 Å². The Morgan fingerprint density at radius 1 is 0.933 bits per heavy atom. The van der Waals surface area contributed by atoms with Crippen LogP contribution in [0.3, 0.4) is 0 Å². The second kappa shape index (κ2) is 8.54. The molecule has 0 unspecified atom stereocenters. The van der Waals surface area contributed by atoms with Gasteiger partial charge >= 0.3 is 5.97 Å². The van der Waals surface area contributed by atoms with Crippen LogP contribution in [0.1, 0.15) is 36.6 Å². The maximum absolute atomic E-state index is 13.2. The average molecular weight is 399 g/mol. The van der Waals surface area contributed by atoms with Gasteiger partial charge in [0.25, 0.3) is 0 Å². The lowest BCUT2D eigenvalue weighted by Crippen LogP contribution is -2.44. The molecule has 1 aliphatic heterocycles. The standard InChI is InChI=1S/C26H26N2O2/c1-3-30-25(29)26(2)23(21-15-9-5-10-16-21)28(19-20-13-7-4-8-14-20)24(27-26)22-17-11-6-12-18-22/h4-18,23H,3,19H2,1-2H3/t23-,26-/m1/s1. The average Bonchev–Trinajstić information content (AvgIpc) is 3.09. The number of nitrogens with zero attached hydrogens (tertiary/aromatic N) is 2. The van der Waals surface area contributed by atoms with E-state index in [0.717, 1.165) is 22.5 Å². The van der Waals surface area contributed by atoms with Gasteiger partial charge in [0.1, 0.15) is 5.84 Å². The van der Waals surface area contributed by atoms with Crippen LogP contribution in [0.2, 0.25) is 0 Å². The molecule has 1 heterocycles. The zero-order valence-corrected chi connectivity index (χ0v) is 17.4. The van der Waals surface area contributed by atoms with Crippen LogP contribution >= 0.6 is 0 Å². The minimum absolute atomic E-state index is 0.270. The first-order chi connectivity index (χ1) is 14.6. The molecular formula is C26H26N2O2. The van der Waals surface area contributed by atoms with Crippen molar-refractivity contribution in [2.24, 2.45) is 4.99 Å². The number of esters is 1. The molecule has 3 aromatic rings. The highest BCUT2D eigenvalue weighted by molar-refractivity contribution is 6.04. The summed E-state index contributed by atoms with van der Waals surface area (Å²) in [6.07, 6.45) is 0. The van der Waals surface area contributed by atoms with E-state index in [1.54, 1.807) is 0 Å². The summed E-state index contributed by atoms with van der Waals surface area (Å²) in [7, 11) is 0. The Balaban J connectivity index is 1.87. The zero-order chi connectivity index (χ0) is 21.0. The third-order valence-electron chi connectivity index (χ3n) is 5.49. The molecule has 3 aromatic carbocycles. The Kier molecular flexibility index (Phi) is 5.66. The molecular weight excluding hydrogens is 372 g/mol. The van der Waals surface area contributed by atoms with E-state index >= 15 is 0 Å². The van der Waals surface area contributed by atoms with Crippen molar-refractivity contribution in [3.8, 4) is 0 Å². The fourth-order valence-corrected chi connectivity index (χ4v) is 4.11. The minimum Gasteiger partial charge on any atom is -0.464 e. The van der Waals surface area contributed by atoms with E-state index in [1.807, 2.05) is 80.6 Å². The molecule has 0 amide bonds. The van der Waals surface area contributed by atoms with Gasteiger partial charge in [0.15, 0.2) is 5.54 Å². The molecule has 4 nitrogen and oxygen atoms in total. The van der Waals surface area contributed by atoms with Crippen LogP contribution < -0.4 is 0 Å². The Hall–Kier alpha value is -3.40. The fourth-order valence-electron chi connectivity index (χ4n) is 4.11. The molecule has 0 aromatic heterocycles. The number of hydrogen-bond donors (Lipinski definition) is 0. The maximum atomic E-state index is 13.2. The predicted molar refractivity (Wildman–Crippen MR) is 119 cm³/mol. The molecule has 4 rings (SSSR count). The fraction of sp³-hybridized carbons (Fsp3) is 0.231. The predicted octanol–water partition coefficient (Wildman–Crippen LogP) is 5.01. The van der Waals surface area contributed by atoms with E-state index in [-0.39, 0.29) is 12.0 Å². The van der Waals surface area contributed by atoms with Crippen LogP contribution in [0.25, 0.3) is 0 Å². The molecule has 2 atom stereocenters. The van der Waals surface area contributed by atoms with Gasteiger partial charge in [-0.1, -0.05) is 91.0 Å². The topological polar surface area (TPSA) is 41.9 Å². The van der Waals surface area contributed by atoms with Gasteiger partial charge in [0.2, 0.25) is 0 Å². The number of hydrogen-bond acceptors (Lipinski definition) is 4. The molecule has 0 spiro atoms. The largest absolute Gasteiger partial charge is 0.464 e. The first-order valence-corrected chi connectivity index (χ1v) is 10.3. The summed E-state index contributed by atoms with van der Waals surface area (Å²) < 4.78 is 5.49. The summed E-state index contributed by atoms with van der Waals surface area (Å²) in [5, 5.41) is 0. The van der Waals surface area contributed by atoms with Crippen molar-refractivity contribution >= 4 is 11.8 Å². The smallest absolute Gasteiger partial charge is 0.336 e. The normalized spacial score (nSPS) is 20.7. The first kappa shape index (κ1) is 19.9. The number of amidine groups is 1. The summed E-state index contributed by atoms with van der Waals surface area (Å²) in [4.78, 5) is 20.4. The molecule has 30 heavy (non-hydrogen) atoms. The number of rotatable bonds is 6. The molecule has 4 heteroatoms. The van der Waals surface area contributed by atoms with Crippen LogP contribution in [0.15, 0.2) is 96.0 Å². The van der Waals surface area contributed by atoms with Gasteiger partial charge in [-0.2, -0.15) is 0 Å². The zero-order valence-electron chi connectivity index (χ0n) is 17.4. The molecule has 152 valence electrons. The Morgan fingerprint density at radius 3 is 2.10 bits per heavy atom. The summed E-state index contributed by atoms with van der Waals surface area (Å²) in [5.74, 6) is 0.506. The monoisotopic (exact) mass is 398 g/mol. The quantitative estimate of drug-likeness (QED) is 0.548. The number of aliphatic imine (C=N–C) groups is 1. The first-order valence-electron chi connectivity index (χ1n) is 10.3. The van der Waals surface area contributed by atoms with Crippen molar-refractivity contribution < 1.29 is 9.53 Å². The molecule has 0 aliphatic carbocycles. The van der Waals surface area contributed by atoms with Crippen LogP contribution in [0.5, 0.6) is 0 Å². The summed E-state index contributed by atoms with van der Waals surface area (Å²) >= 11 is 0. The Morgan fingerprint density at radius 2 is 1.50 bits per heavy atom.